The van der Waals surface area contributed by atoms with Gasteiger partial charge >= 0.3 is 0 Å². The SMILES string of the molecule is Cc1ccc(Nc2nc(C)cc(Nc3ccc(NC(=O)CCc4sccc4C)cc3)n2)cc1. The summed E-state index contributed by atoms with van der Waals surface area (Å²) >= 11 is 1.70. The van der Waals surface area contributed by atoms with Crippen molar-refractivity contribution >= 4 is 46.1 Å². The van der Waals surface area contributed by atoms with Crippen LogP contribution in [0, 0.1) is 20.8 Å². The number of nitrogens with zero attached hydrogens (tertiary/aromatic N) is 2. The second kappa shape index (κ2) is 10.3. The summed E-state index contributed by atoms with van der Waals surface area (Å²) in [5.41, 5.74) is 5.89. The van der Waals surface area contributed by atoms with Crippen LogP contribution in [0.3, 0.4) is 0 Å². The Hall–Kier alpha value is -3.71. The molecule has 6 nitrogen and oxygen atoms in total. The third-order valence-corrected chi connectivity index (χ3v) is 6.23. The summed E-state index contributed by atoms with van der Waals surface area (Å²) < 4.78 is 0. The van der Waals surface area contributed by atoms with E-state index in [9.17, 15) is 4.79 Å². The second-order valence-electron chi connectivity index (χ2n) is 7.99. The van der Waals surface area contributed by atoms with Gasteiger partial charge in [-0.05, 0) is 80.6 Å². The normalized spacial score (nSPS) is 10.6. The molecule has 1 amide bonds. The first-order chi connectivity index (χ1) is 15.9. The fourth-order valence-electron chi connectivity index (χ4n) is 3.35. The van der Waals surface area contributed by atoms with Gasteiger partial charge in [-0.1, -0.05) is 17.7 Å². The van der Waals surface area contributed by atoms with Gasteiger partial charge in [0, 0.05) is 40.1 Å². The maximum Gasteiger partial charge on any atom is 0.229 e. The molecule has 3 N–H and O–H groups in total. The number of anilines is 5. The molecule has 2 heterocycles. The van der Waals surface area contributed by atoms with Crippen LogP contribution in [0.2, 0.25) is 0 Å². The topological polar surface area (TPSA) is 78.9 Å². The Morgan fingerprint density at radius 2 is 1.52 bits per heavy atom. The maximum atomic E-state index is 12.3. The van der Waals surface area contributed by atoms with Crippen LogP contribution >= 0.6 is 11.3 Å². The molecule has 0 radical (unpaired) electrons. The van der Waals surface area contributed by atoms with E-state index in [1.54, 1.807) is 11.3 Å². The van der Waals surface area contributed by atoms with Gasteiger partial charge in [0.2, 0.25) is 11.9 Å². The number of aromatic nitrogens is 2. The lowest BCUT2D eigenvalue weighted by Crippen LogP contribution is -2.12. The van der Waals surface area contributed by atoms with Crippen LogP contribution in [-0.4, -0.2) is 15.9 Å². The van der Waals surface area contributed by atoms with Gasteiger partial charge in [0.05, 0.1) is 0 Å². The number of carbonyl (C=O) groups excluding carboxylic acids is 1. The highest BCUT2D eigenvalue weighted by molar-refractivity contribution is 7.10. The van der Waals surface area contributed by atoms with Crippen molar-refractivity contribution in [3.8, 4) is 0 Å². The third kappa shape index (κ3) is 6.40. The predicted octanol–water partition coefficient (Wildman–Crippen LogP) is 6.52. The van der Waals surface area contributed by atoms with E-state index in [0.717, 1.165) is 29.2 Å². The monoisotopic (exact) mass is 457 g/mol. The molecule has 2 aromatic heterocycles. The number of benzene rings is 2. The van der Waals surface area contributed by atoms with Crippen LogP contribution in [0.15, 0.2) is 66.0 Å². The van der Waals surface area contributed by atoms with E-state index in [4.69, 9.17) is 0 Å². The molecule has 7 heteroatoms. The van der Waals surface area contributed by atoms with Gasteiger partial charge in [-0.3, -0.25) is 4.79 Å². The molecule has 0 aliphatic carbocycles. The Labute approximate surface area is 198 Å². The number of aryl methyl sites for hydroxylation is 4. The minimum absolute atomic E-state index is 0.0155. The third-order valence-electron chi connectivity index (χ3n) is 5.15. The van der Waals surface area contributed by atoms with E-state index >= 15 is 0 Å². The van der Waals surface area contributed by atoms with Gasteiger partial charge < -0.3 is 16.0 Å². The summed E-state index contributed by atoms with van der Waals surface area (Å²) in [6.07, 6.45) is 1.24. The Morgan fingerprint density at radius 3 is 2.21 bits per heavy atom. The molecule has 0 aliphatic rings. The van der Waals surface area contributed by atoms with E-state index in [1.807, 2.05) is 61.5 Å². The summed E-state index contributed by atoms with van der Waals surface area (Å²) in [4.78, 5) is 22.6. The standard InChI is InChI=1S/C26H27N5OS/c1-17-4-6-22(7-5-17)30-26-27-19(3)16-24(31-26)28-20-8-10-21(11-9-20)29-25(32)13-12-23-18(2)14-15-33-23/h4-11,14-16H,12-13H2,1-3H3,(H,29,32)(H2,27,28,30,31). The number of nitrogens with one attached hydrogen (secondary N) is 3. The number of amides is 1. The number of rotatable bonds is 8. The lowest BCUT2D eigenvalue weighted by Gasteiger charge is -2.11. The highest BCUT2D eigenvalue weighted by atomic mass is 32.1. The highest BCUT2D eigenvalue weighted by Crippen LogP contribution is 2.22. The average Bonchev–Trinajstić information content (AvgIpc) is 3.20. The molecule has 4 aromatic rings. The van der Waals surface area contributed by atoms with Crippen molar-refractivity contribution in [3.63, 3.8) is 0 Å². The summed E-state index contributed by atoms with van der Waals surface area (Å²) in [5, 5.41) is 11.6. The van der Waals surface area contributed by atoms with E-state index in [1.165, 1.54) is 16.0 Å². The Kier molecular flexibility index (Phi) is 7.00. The molecule has 33 heavy (non-hydrogen) atoms. The zero-order valence-electron chi connectivity index (χ0n) is 19.0. The van der Waals surface area contributed by atoms with Crippen molar-refractivity contribution in [1.82, 2.24) is 9.97 Å². The van der Waals surface area contributed by atoms with Crippen LogP contribution in [-0.2, 0) is 11.2 Å². The number of thiophene rings is 1. The first-order valence-corrected chi connectivity index (χ1v) is 11.7. The van der Waals surface area contributed by atoms with Gasteiger partial charge in [0.1, 0.15) is 5.82 Å². The molecule has 0 spiro atoms. The Balaban J connectivity index is 1.35. The van der Waals surface area contributed by atoms with E-state index in [0.29, 0.717) is 18.2 Å². The molecule has 0 fully saturated rings. The van der Waals surface area contributed by atoms with E-state index in [-0.39, 0.29) is 5.91 Å². The maximum absolute atomic E-state index is 12.3. The lowest BCUT2D eigenvalue weighted by atomic mass is 10.2. The minimum Gasteiger partial charge on any atom is -0.340 e. The molecule has 4 rings (SSSR count). The van der Waals surface area contributed by atoms with Crippen LogP contribution in [0.4, 0.5) is 28.8 Å². The average molecular weight is 458 g/mol. The van der Waals surface area contributed by atoms with Crippen LogP contribution in [0.25, 0.3) is 0 Å². The molecule has 2 aromatic carbocycles. The molecule has 0 bridgehead atoms. The molecular weight excluding hydrogens is 430 g/mol. The zero-order chi connectivity index (χ0) is 23.2. The zero-order valence-corrected chi connectivity index (χ0v) is 19.8. The summed E-state index contributed by atoms with van der Waals surface area (Å²) in [6, 6.07) is 19.7. The van der Waals surface area contributed by atoms with Crippen molar-refractivity contribution in [2.24, 2.45) is 0 Å². The van der Waals surface area contributed by atoms with Crippen LogP contribution < -0.4 is 16.0 Å². The Morgan fingerprint density at radius 1 is 0.848 bits per heavy atom. The molecular formula is C26H27N5OS. The van der Waals surface area contributed by atoms with Gasteiger partial charge in [0.25, 0.3) is 0 Å². The fraction of sp³-hybridized carbons (Fsp3) is 0.192. The summed E-state index contributed by atoms with van der Waals surface area (Å²) in [7, 11) is 0. The van der Waals surface area contributed by atoms with Crippen molar-refractivity contribution in [3.05, 3.63) is 87.7 Å². The highest BCUT2D eigenvalue weighted by Gasteiger charge is 2.07. The quantitative estimate of drug-likeness (QED) is 0.281. The van der Waals surface area contributed by atoms with Gasteiger partial charge in [0.15, 0.2) is 0 Å². The van der Waals surface area contributed by atoms with E-state index < -0.39 is 0 Å². The van der Waals surface area contributed by atoms with Gasteiger partial charge in [-0.2, -0.15) is 4.98 Å². The summed E-state index contributed by atoms with van der Waals surface area (Å²) in [5.74, 6) is 1.24. The van der Waals surface area contributed by atoms with Crippen molar-refractivity contribution < 1.29 is 4.79 Å². The fourth-order valence-corrected chi connectivity index (χ4v) is 4.26. The first kappa shape index (κ1) is 22.5. The predicted molar refractivity (Wildman–Crippen MR) is 137 cm³/mol. The first-order valence-electron chi connectivity index (χ1n) is 10.8. The van der Waals surface area contributed by atoms with Crippen molar-refractivity contribution in [2.45, 2.75) is 33.6 Å². The van der Waals surface area contributed by atoms with Crippen molar-refractivity contribution in [1.29, 1.82) is 0 Å². The Bertz CT molecular complexity index is 1230. The number of hydrogen-bond donors (Lipinski definition) is 3. The van der Waals surface area contributed by atoms with Gasteiger partial charge in [-0.25, -0.2) is 4.98 Å². The second-order valence-corrected chi connectivity index (χ2v) is 8.99. The molecule has 0 saturated carbocycles. The molecule has 0 unspecified atom stereocenters. The smallest absolute Gasteiger partial charge is 0.229 e. The lowest BCUT2D eigenvalue weighted by molar-refractivity contribution is -0.116. The molecule has 0 aliphatic heterocycles. The van der Waals surface area contributed by atoms with Crippen LogP contribution in [0.1, 0.15) is 28.1 Å². The number of hydrogen-bond acceptors (Lipinski definition) is 6. The van der Waals surface area contributed by atoms with Crippen molar-refractivity contribution in [2.75, 3.05) is 16.0 Å². The summed E-state index contributed by atoms with van der Waals surface area (Å²) in [6.45, 7) is 6.07. The molecule has 168 valence electrons. The number of carbonyl (C=O) groups is 1. The van der Waals surface area contributed by atoms with Gasteiger partial charge in [-0.15, -0.1) is 11.3 Å². The largest absolute Gasteiger partial charge is 0.340 e. The minimum atomic E-state index is 0.0155. The van der Waals surface area contributed by atoms with Crippen LogP contribution in [0.5, 0.6) is 0 Å². The molecule has 0 saturated heterocycles. The molecule has 0 atom stereocenters. The van der Waals surface area contributed by atoms with E-state index in [2.05, 4.69) is 51.2 Å².